The van der Waals surface area contributed by atoms with Crippen molar-refractivity contribution in [2.45, 2.75) is 43.0 Å². The molecule has 2 aromatic rings. The molecule has 3 heterocycles. The standard InChI is InChI=1S/C24H29N7O4S/c1-29-21-19(20(28-29)22(32)27-13-17-4-2-16(12-25)3-5-17)7-10-30(23(21)33)15-24(8-9-24)36(34,35)31-11-6-18(26)14-31/h2-5,18H,6-11,13-15,26H2,1H3,(H,27,32)/t18-/m1/s1. The van der Waals surface area contributed by atoms with Gasteiger partial charge in [0.1, 0.15) is 10.4 Å². The maximum Gasteiger partial charge on any atom is 0.272 e. The van der Waals surface area contributed by atoms with E-state index in [0.717, 1.165) is 5.56 Å². The fourth-order valence-corrected chi connectivity index (χ4v) is 7.32. The molecule has 11 nitrogen and oxygen atoms in total. The Bertz CT molecular complexity index is 1360. The van der Waals surface area contributed by atoms with E-state index in [-0.39, 0.29) is 36.6 Å². The van der Waals surface area contributed by atoms with Crippen molar-refractivity contribution in [3.8, 4) is 6.07 Å². The second-order valence-electron chi connectivity index (χ2n) is 9.86. The van der Waals surface area contributed by atoms with Gasteiger partial charge >= 0.3 is 0 Å². The number of benzene rings is 1. The number of carbonyl (C=O) groups excluding carboxylic acids is 2. The zero-order chi connectivity index (χ0) is 25.7. The van der Waals surface area contributed by atoms with Crippen LogP contribution in [0.1, 0.15) is 56.9 Å². The van der Waals surface area contributed by atoms with Crippen molar-refractivity contribution >= 4 is 21.8 Å². The summed E-state index contributed by atoms with van der Waals surface area (Å²) in [4.78, 5) is 27.9. The van der Waals surface area contributed by atoms with E-state index in [0.29, 0.717) is 62.1 Å². The number of rotatable bonds is 7. The first-order valence-corrected chi connectivity index (χ1v) is 13.5. The van der Waals surface area contributed by atoms with Crippen molar-refractivity contribution < 1.29 is 18.0 Å². The average molecular weight is 512 g/mol. The monoisotopic (exact) mass is 511 g/mol. The number of nitrogens with zero attached hydrogens (tertiary/aromatic N) is 5. The van der Waals surface area contributed by atoms with Crippen LogP contribution in [0.2, 0.25) is 0 Å². The van der Waals surface area contributed by atoms with E-state index in [1.807, 2.05) is 0 Å². The normalized spacial score (nSPS) is 21.2. The first-order valence-electron chi connectivity index (χ1n) is 12.0. The molecule has 5 rings (SSSR count). The highest BCUT2D eigenvalue weighted by Crippen LogP contribution is 2.47. The van der Waals surface area contributed by atoms with Gasteiger partial charge in [0.2, 0.25) is 10.0 Å². The van der Waals surface area contributed by atoms with Gasteiger partial charge in [-0.05, 0) is 43.4 Å². The van der Waals surface area contributed by atoms with Crippen molar-refractivity contribution in [1.82, 2.24) is 24.3 Å². The average Bonchev–Trinajstić information content (AvgIpc) is 3.40. The molecular weight excluding hydrogens is 482 g/mol. The molecule has 0 unspecified atom stereocenters. The van der Waals surface area contributed by atoms with Gasteiger partial charge in [-0.1, -0.05) is 12.1 Å². The number of fused-ring (bicyclic) bond motifs is 1. The molecule has 3 N–H and O–H groups in total. The summed E-state index contributed by atoms with van der Waals surface area (Å²) in [6.07, 6.45) is 2.10. The molecule has 1 atom stereocenters. The van der Waals surface area contributed by atoms with E-state index >= 15 is 0 Å². The third-order valence-electron chi connectivity index (χ3n) is 7.38. The molecule has 1 aromatic heterocycles. The molecule has 0 radical (unpaired) electrons. The summed E-state index contributed by atoms with van der Waals surface area (Å²) in [6.45, 7) is 1.46. The third kappa shape index (κ3) is 4.17. The highest BCUT2D eigenvalue weighted by Gasteiger charge is 2.59. The van der Waals surface area contributed by atoms with Crippen LogP contribution in [-0.2, 0) is 30.0 Å². The molecule has 12 heteroatoms. The van der Waals surface area contributed by atoms with Crippen LogP contribution in [0.5, 0.6) is 0 Å². The molecule has 1 saturated heterocycles. The summed E-state index contributed by atoms with van der Waals surface area (Å²) < 4.78 is 28.6. The minimum atomic E-state index is -3.56. The molecule has 2 fully saturated rings. The Morgan fingerprint density at radius 3 is 2.61 bits per heavy atom. The van der Waals surface area contributed by atoms with Crippen LogP contribution in [0.25, 0.3) is 0 Å². The quantitative estimate of drug-likeness (QED) is 0.535. The Hall–Kier alpha value is -3.27. The number of carbonyl (C=O) groups is 2. The maximum absolute atomic E-state index is 13.4. The van der Waals surface area contributed by atoms with Gasteiger partial charge in [-0.15, -0.1) is 0 Å². The molecule has 1 aliphatic carbocycles. The van der Waals surface area contributed by atoms with Crippen LogP contribution in [0.3, 0.4) is 0 Å². The van der Waals surface area contributed by atoms with Gasteiger partial charge < -0.3 is 16.0 Å². The predicted octanol–water partition coefficient (Wildman–Crippen LogP) is 0.115. The van der Waals surface area contributed by atoms with Crippen molar-refractivity contribution in [2.75, 3.05) is 26.2 Å². The first kappa shape index (κ1) is 24.4. The lowest BCUT2D eigenvalue weighted by Crippen LogP contribution is -2.49. The minimum Gasteiger partial charge on any atom is -0.347 e. The highest BCUT2D eigenvalue weighted by molar-refractivity contribution is 7.90. The lowest BCUT2D eigenvalue weighted by Gasteiger charge is -2.32. The zero-order valence-corrected chi connectivity index (χ0v) is 20.9. The Kier molecular flexibility index (Phi) is 6.10. The fourth-order valence-electron chi connectivity index (χ4n) is 5.10. The second-order valence-corrected chi connectivity index (χ2v) is 12.2. The van der Waals surface area contributed by atoms with E-state index in [9.17, 15) is 18.0 Å². The van der Waals surface area contributed by atoms with E-state index in [4.69, 9.17) is 11.0 Å². The van der Waals surface area contributed by atoms with E-state index < -0.39 is 14.8 Å². The number of nitrogens with two attached hydrogens (primary N) is 1. The van der Waals surface area contributed by atoms with Crippen LogP contribution >= 0.6 is 0 Å². The molecule has 2 aliphatic heterocycles. The lowest BCUT2D eigenvalue weighted by atomic mass is 10.0. The molecule has 2 amide bonds. The minimum absolute atomic E-state index is 0.130. The summed E-state index contributed by atoms with van der Waals surface area (Å²) in [5.41, 5.74) is 8.41. The Labute approximate surface area is 209 Å². The van der Waals surface area contributed by atoms with E-state index in [1.165, 1.54) is 8.99 Å². The second kappa shape index (κ2) is 8.99. The number of hydrogen-bond acceptors (Lipinski definition) is 7. The molecule has 1 saturated carbocycles. The van der Waals surface area contributed by atoms with Crippen molar-refractivity contribution in [2.24, 2.45) is 12.8 Å². The van der Waals surface area contributed by atoms with Gasteiger partial charge in [0.15, 0.2) is 5.69 Å². The van der Waals surface area contributed by atoms with Gasteiger partial charge in [0, 0.05) is 51.4 Å². The van der Waals surface area contributed by atoms with Crippen LogP contribution in [0.15, 0.2) is 24.3 Å². The number of amides is 2. The third-order valence-corrected chi connectivity index (χ3v) is 10.0. The summed E-state index contributed by atoms with van der Waals surface area (Å²) in [5, 5.41) is 16.1. The number of aromatic nitrogens is 2. The van der Waals surface area contributed by atoms with Crippen LogP contribution in [0, 0.1) is 11.3 Å². The summed E-state index contributed by atoms with van der Waals surface area (Å²) in [5.74, 6) is -0.693. The zero-order valence-electron chi connectivity index (χ0n) is 20.1. The van der Waals surface area contributed by atoms with E-state index in [1.54, 1.807) is 36.2 Å². The SMILES string of the molecule is Cn1nc(C(=O)NCc2ccc(C#N)cc2)c2c1C(=O)N(CC1(S(=O)(=O)N3CC[C@@H](N)C3)CC1)CC2. The maximum atomic E-state index is 13.4. The van der Waals surface area contributed by atoms with Gasteiger partial charge in [0.05, 0.1) is 11.6 Å². The largest absolute Gasteiger partial charge is 0.347 e. The topological polar surface area (TPSA) is 154 Å². The summed E-state index contributed by atoms with van der Waals surface area (Å²) in [7, 11) is -1.94. The Morgan fingerprint density at radius 2 is 2.00 bits per heavy atom. The Morgan fingerprint density at radius 1 is 1.28 bits per heavy atom. The van der Waals surface area contributed by atoms with Crippen molar-refractivity contribution in [1.29, 1.82) is 5.26 Å². The van der Waals surface area contributed by atoms with Crippen LogP contribution < -0.4 is 11.1 Å². The van der Waals surface area contributed by atoms with E-state index in [2.05, 4.69) is 16.5 Å². The number of nitriles is 1. The number of nitrogens with one attached hydrogen (secondary N) is 1. The van der Waals surface area contributed by atoms with Crippen LogP contribution in [0.4, 0.5) is 0 Å². The summed E-state index contributed by atoms with van der Waals surface area (Å²) in [6, 6.07) is 8.81. The van der Waals surface area contributed by atoms with Crippen molar-refractivity contribution in [3.63, 3.8) is 0 Å². The summed E-state index contributed by atoms with van der Waals surface area (Å²) >= 11 is 0. The van der Waals surface area contributed by atoms with Gasteiger partial charge in [-0.2, -0.15) is 14.7 Å². The molecular formula is C24H29N7O4S. The first-order chi connectivity index (χ1) is 17.1. The lowest BCUT2D eigenvalue weighted by molar-refractivity contribution is 0.0723. The fraction of sp³-hybridized carbons (Fsp3) is 0.500. The number of aryl methyl sites for hydroxylation is 1. The number of sulfonamides is 1. The van der Waals surface area contributed by atoms with Gasteiger partial charge in [0.25, 0.3) is 11.8 Å². The molecule has 3 aliphatic rings. The van der Waals surface area contributed by atoms with Gasteiger partial charge in [-0.3, -0.25) is 14.3 Å². The van der Waals surface area contributed by atoms with Gasteiger partial charge in [-0.25, -0.2) is 8.42 Å². The predicted molar refractivity (Wildman–Crippen MR) is 130 cm³/mol. The molecule has 190 valence electrons. The molecule has 0 bridgehead atoms. The smallest absolute Gasteiger partial charge is 0.272 e. The number of hydrogen-bond donors (Lipinski definition) is 2. The highest BCUT2D eigenvalue weighted by atomic mass is 32.2. The molecule has 36 heavy (non-hydrogen) atoms. The van der Waals surface area contributed by atoms with Crippen LogP contribution in [-0.4, -0.2) is 76.2 Å². The molecule has 1 aromatic carbocycles. The molecule has 0 spiro atoms. The van der Waals surface area contributed by atoms with Crippen molar-refractivity contribution in [3.05, 3.63) is 52.3 Å². The Balaban J connectivity index is 1.29.